The zero-order valence-electron chi connectivity index (χ0n) is 21.3. The molecule has 4 aliphatic carbocycles. The molecule has 1 aromatic rings. The number of aliphatic hydroxyl groups excluding tert-OH is 2. The number of alkyl halides is 1. The van der Waals surface area contributed by atoms with Gasteiger partial charge in [-0.3, -0.25) is 9.78 Å². The predicted octanol–water partition coefficient (Wildman–Crippen LogP) is 4.06. The molecule has 0 aromatic carbocycles. The Kier molecular flexibility index (Phi) is 6.54. The Bertz CT molecular complexity index is 1200. The van der Waals surface area contributed by atoms with E-state index in [1.807, 2.05) is 19.1 Å². The van der Waals surface area contributed by atoms with E-state index in [4.69, 9.17) is 4.84 Å². The standard InChI is InChI=1S/C28H34BrFN2O5/c1-16-8-22-21-5-4-18-10-20(32-37-15-17-9-19(29)13-31-12-17)6-7-25(18,2)27(21,30)23(34)11-26(22,3)28(16,36)24(35)14-33/h6-7,9-10,12-13,16,21-23,33-34,36H,4-5,8,11,14-15H2,1-3H3/t16-,21+,22+,23+,25+,26+,27+,28+/m1/s1. The Morgan fingerprint density at radius 2 is 2.08 bits per heavy atom. The molecule has 0 aliphatic heterocycles. The van der Waals surface area contributed by atoms with Crippen LogP contribution in [-0.4, -0.2) is 55.8 Å². The van der Waals surface area contributed by atoms with Gasteiger partial charge in [0.1, 0.15) is 24.5 Å². The van der Waals surface area contributed by atoms with Crippen molar-refractivity contribution in [3.05, 3.63) is 52.3 Å². The van der Waals surface area contributed by atoms with Crippen LogP contribution in [0, 0.1) is 28.6 Å². The molecule has 3 fully saturated rings. The van der Waals surface area contributed by atoms with Crippen LogP contribution in [0.15, 0.2) is 51.9 Å². The Morgan fingerprint density at radius 1 is 1.32 bits per heavy atom. The molecule has 1 aromatic heterocycles. The molecule has 1 heterocycles. The van der Waals surface area contributed by atoms with Crippen molar-refractivity contribution in [2.75, 3.05) is 6.61 Å². The summed E-state index contributed by atoms with van der Waals surface area (Å²) in [4.78, 5) is 22.4. The Balaban J connectivity index is 1.42. The maximum atomic E-state index is 17.4. The molecule has 0 radical (unpaired) electrons. The monoisotopic (exact) mass is 576 g/mol. The van der Waals surface area contributed by atoms with Gasteiger partial charge >= 0.3 is 0 Å². The van der Waals surface area contributed by atoms with Gasteiger partial charge in [-0.1, -0.05) is 30.7 Å². The van der Waals surface area contributed by atoms with Crippen molar-refractivity contribution in [3.8, 4) is 0 Å². The molecule has 0 bridgehead atoms. The van der Waals surface area contributed by atoms with Gasteiger partial charge in [-0.2, -0.15) is 0 Å². The number of carbonyl (C=O) groups excluding carboxylic acids is 1. The van der Waals surface area contributed by atoms with Gasteiger partial charge < -0.3 is 20.2 Å². The molecule has 0 unspecified atom stereocenters. The number of hydrogen-bond donors (Lipinski definition) is 3. The minimum atomic E-state index is -1.97. The van der Waals surface area contributed by atoms with Crippen LogP contribution in [-0.2, 0) is 16.2 Å². The first-order chi connectivity index (χ1) is 17.4. The third-order valence-electron chi connectivity index (χ3n) is 9.97. The number of ketones is 1. The van der Waals surface area contributed by atoms with Crippen LogP contribution in [0.5, 0.6) is 0 Å². The largest absolute Gasteiger partial charge is 0.390 e. The van der Waals surface area contributed by atoms with Crippen molar-refractivity contribution in [2.24, 2.45) is 33.7 Å². The van der Waals surface area contributed by atoms with Gasteiger partial charge in [-0.05, 0) is 78.6 Å². The summed E-state index contributed by atoms with van der Waals surface area (Å²) >= 11 is 3.38. The van der Waals surface area contributed by atoms with E-state index in [9.17, 15) is 20.1 Å². The number of pyridine rings is 1. The van der Waals surface area contributed by atoms with Gasteiger partial charge in [0.25, 0.3) is 0 Å². The summed E-state index contributed by atoms with van der Waals surface area (Å²) in [7, 11) is 0. The normalized spacial score (nSPS) is 43.6. The second kappa shape index (κ2) is 9.07. The molecule has 0 spiro atoms. The van der Waals surface area contributed by atoms with E-state index in [1.165, 1.54) is 0 Å². The van der Waals surface area contributed by atoms with Gasteiger partial charge in [0, 0.05) is 39.2 Å². The topological polar surface area (TPSA) is 112 Å². The zero-order chi connectivity index (χ0) is 26.8. The predicted molar refractivity (Wildman–Crippen MR) is 139 cm³/mol. The van der Waals surface area contributed by atoms with Gasteiger partial charge in [-0.25, -0.2) is 4.39 Å². The lowest BCUT2D eigenvalue weighted by Crippen LogP contribution is -2.69. The number of allylic oxidation sites excluding steroid dienone is 4. The Labute approximate surface area is 224 Å². The lowest BCUT2D eigenvalue weighted by atomic mass is 9.44. The SMILES string of the molecule is C[C@@H]1C[C@H]2[C@@H]3CCC4=CC(=NOCc5cncc(Br)c5)C=C[C@]4(C)[C@@]3(F)[C@@H](O)C[C@]2(C)[C@@]1(O)C(=O)CO. The number of Topliss-reactive ketones (excluding diaryl/α,β-unsaturated/α-hetero) is 1. The molecule has 5 rings (SSSR count). The quantitative estimate of drug-likeness (QED) is 0.456. The van der Waals surface area contributed by atoms with E-state index in [2.05, 4.69) is 26.1 Å². The summed E-state index contributed by atoms with van der Waals surface area (Å²) in [5.74, 6) is -1.95. The lowest BCUT2D eigenvalue weighted by molar-refractivity contribution is -0.219. The first-order valence-electron chi connectivity index (χ1n) is 12.8. The van der Waals surface area contributed by atoms with Crippen molar-refractivity contribution in [3.63, 3.8) is 0 Å². The number of hydrogen-bond acceptors (Lipinski definition) is 7. The smallest absolute Gasteiger partial charge is 0.190 e. The minimum absolute atomic E-state index is 0.0569. The van der Waals surface area contributed by atoms with E-state index >= 15 is 4.39 Å². The summed E-state index contributed by atoms with van der Waals surface area (Å²) in [5.41, 5.74) is -3.58. The van der Waals surface area contributed by atoms with Gasteiger partial charge in [0.15, 0.2) is 11.5 Å². The van der Waals surface area contributed by atoms with E-state index in [1.54, 1.807) is 38.4 Å². The summed E-state index contributed by atoms with van der Waals surface area (Å²) in [6.07, 6.45) is 8.85. The Hall–Kier alpha value is -1.94. The minimum Gasteiger partial charge on any atom is -0.390 e. The molecule has 8 atom stereocenters. The van der Waals surface area contributed by atoms with Crippen molar-refractivity contribution in [1.29, 1.82) is 0 Å². The number of halogens is 2. The summed E-state index contributed by atoms with van der Waals surface area (Å²) in [6.45, 7) is 4.85. The van der Waals surface area contributed by atoms with E-state index in [-0.39, 0.29) is 18.9 Å². The summed E-state index contributed by atoms with van der Waals surface area (Å²) in [6, 6.07) is 1.89. The highest BCUT2D eigenvalue weighted by Gasteiger charge is 2.75. The molecule has 9 heteroatoms. The van der Waals surface area contributed by atoms with Crippen LogP contribution in [0.2, 0.25) is 0 Å². The van der Waals surface area contributed by atoms with E-state index in [0.717, 1.165) is 15.6 Å². The highest BCUT2D eigenvalue weighted by atomic mass is 79.9. The maximum Gasteiger partial charge on any atom is 0.190 e. The van der Waals surface area contributed by atoms with E-state index < -0.39 is 52.4 Å². The fourth-order valence-electron chi connectivity index (χ4n) is 8.04. The van der Waals surface area contributed by atoms with E-state index in [0.29, 0.717) is 25.0 Å². The first kappa shape index (κ1) is 26.7. The van der Waals surface area contributed by atoms with Gasteiger partial charge in [0.2, 0.25) is 0 Å². The van der Waals surface area contributed by atoms with Gasteiger partial charge in [0.05, 0.1) is 6.10 Å². The second-order valence-corrected chi connectivity index (χ2v) is 12.6. The molecule has 7 nitrogen and oxygen atoms in total. The first-order valence-corrected chi connectivity index (χ1v) is 13.6. The molecule has 37 heavy (non-hydrogen) atoms. The number of aliphatic hydroxyl groups is 3. The summed E-state index contributed by atoms with van der Waals surface area (Å²) < 4.78 is 18.2. The second-order valence-electron chi connectivity index (χ2n) is 11.6. The maximum absolute atomic E-state index is 17.4. The molecular formula is C28H34BrFN2O5. The molecule has 200 valence electrons. The average molecular weight is 577 g/mol. The third-order valence-corrected chi connectivity index (χ3v) is 10.4. The van der Waals surface area contributed by atoms with Crippen LogP contribution in [0.1, 0.15) is 52.0 Å². The van der Waals surface area contributed by atoms with Crippen LogP contribution in [0.3, 0.4) is 0 Å². The lowest BCUT2D eigenvalue weighted by Gasteiger charge is -2.62. The van der Waals surface area contributed by atoms with Crippen LogP contribution >= 0.6 is 15.9 Å². The molecule has 4 aliphatic rings. The molecule has 0 saturated heterocycles. The molecule has 0 amide bonds. The molecule has 3 N–H and O–H groups in total. The van der Waals surface area contributed by atoms with Crippen LogP contribution in [0.4, 0.5) is 4.39 Å². The fourth-order valence-corrected chi connectivity index (χ4v) is 8.46. The molecule has 3 saturated carbocycles. The number of aromatic nitrogens is 1. The number of oxime groups is 1. The number of nitrogens with zero attached hydrogens (tertiary/aromatic N) is 2. The van der Waals surface area contributed by atoms with Crippen molar-refractivity contribution >= 4 is 27.4 Å². The Morgan fingerprint density at radius 3 is 2.78 bits per heavy atom. The van der Waals surface area contributed by atoms with Crippen molar-refractivity contribution in [1.82, 2.24) is 4.98 Å². The van der Waals surface area contributed by atoms with Crippen molar-refractivity contribution < 1.29 is 29.3 Å². The number of rotatable bonds is 5. The molecular weight excluding hydrogens is 543 g/mol. The zero-order valence-corrected chi connectivity index (χ0v) is 22.9. The highest BCUT2D eigenvalue weighted by Crippen LogP contribution is 2.70. The van der Waals surface area contributed by atoms with Crippen molar-refractivity contribution in [2.45, 2.75) is 70.4 Å². The third kappa shape index (κ3) is 3.64. The van der Waals surface area contributed by atoms with Crippen LogP contribution < -0.4 is 0 Å². The fraction of sp³-hybridized carbons (Fsp3) is 0.607. The van der Waals surface area contributed by atoms with Crippen LogP contribution in [0.25, 0.3) is 0 Å². The van der Waals surface area contributed by atoms with Gasteiger partial charge in [-0.15, -0.1) is 0 Å². The summed E-state index contributed by atoms with van der Waals surface area (Å²) in [5, 5.41) is 36.8. The number of carbonyl (C=O) groups is 1. The highest BCUT2D eigenvalue weighted by molar-refractivity contribution is 9.10. The number of fused-ring (bicyclic) bond motifs is 5. The average Bonchev–Trinajstić information content (AvgIpc) is 3.06.